The lowest BCUT2D eigenvalue weighted by molar-refractivity contribution is -0.140. The van der Waals surface area contributed by atoms with Gasteiger partial charge in [-0.2, -0.15) is 0 Å². The molecule has 20 heavy (non-hydrogen) atoms. The minimum absolute atomic E-state index is 0.472. The molecule has 0 heterocycles. The Bertz CT molecular complexity index is 548. The van der Waals surface area contributed by atoms with Crippen molar-refractivity contribution in [3.63, 3.8) is 0 Å². The summed E-state index contributed by atoms with van der Waals surface area (Å²) in [5, 5.41) is 13.6. The van der Waals surface area contributed by atoms with Crippen molar-refractivity contribution in [2.45, 2.75) is 19.4 Å². The molecule has 108 valence electrons. The zero-order chi connectivity index (χ0) is 15.3. The average Bonchev–Trinajstić information content (AvgIpc) is 2.33. The summed E-state index contributed by atoms with van der Waals surface area (Å²) in [6.45, 7) is 1.79. The first-order valence-electron chi connectivity index (χ1n) is 5.65. The highest BCUT2D eigenvalue weighted by atomic mass is 79.9. The van der Waals surface area contributed by atoms with Gasteiger partial charge in [-0.3, -0.25) is 4.79 Å². The summed E-state index contributed by atoms with van der Waals surface area (Å²) in [6, 6.07) is 3.12. The number of carbonyl (C=O) groups excluding carboxylic acids is 2. The van der Waals surface area contributed by atoms with Gasteiger partial charge in [0.05, 0.1) is 6.42 Å². The first-order chi connectivity index (χ1) is 9.31. The quantitative estimate of drug-likeness (QED) is 0.641. The predicted molar refractivity (Wildman–Crippen MR) is 76.3 cm³/mol. The van der Waals surface area contributed by atoms with E-state index < -0.39 is 30.4 Å². The molecule has 0 unspecified atom stereocenters. The highest BCUT2D eigenvalue weighted by molar-refractivity contribution is 9.10. The SMILES string of the molecule is Cc1c(Br)cccc1NC(=O)N[C@@H](CC(N)=O)C(=O)O. The molecule has 0 aliphatic carbocycles. The van der Waals surface area contributed by atoms with Crippen LogP contribution in [-0.4, -0.2) is 29.1 Å². The van der Waals surface area contributed by atoms with Crippen molar-refractivity contribution in [2.24, 2.45) is 5.73 Å². The topological polar surface area (TPSA) is 122 Å². The van der Waals surface area contributed by atoms with Gasteiger partial charge >= 0.3 is 12.0 Å². The maximum atomic E-state index is 11.7. The van der Waals surface area contributed by atoms with Gasteiger partial charge in [-0.1, -0.05) is 22.0 Å². The molecule has 0 spiro atoms. The van der Waals surface area contributed by atoms with Gasteiger partial charge in [0, 0.05) is 10.2 Å². The van der Waals surface area contributed by atoms with Crippen LogP contribution in [0.4, 0.5) is 10.5 Å². The van der Waals surface area contributed by atoms with E-state index in [1.165, 1.54) is 0 Å². The number of carboxylic acid groups (broad SMARTS) is 1. The van der Waals surface area contributed by atoms with E-state index in [1.54, 1.807) is 19.1 Å². The molecule has 7 nitrogen and oxygen atoms in total. The molecular formula is C12H14BrN3O4. The second-order valence-electron chi connectivity index (χ2n) is 4.07. The van der Waals surface area contributed by atoms with Crippen LogP contribution in [0.25, 0.3) is 0 Å². The molecule has 0 aliphatic rings. The van der Waals surface area contributed by atoms with E-state index in [2.05, 4.69) is 26.6 Å². The number of carbonyl (C=O) groups is 3. The molecule has 0 aliphatic heterocycles. The largest absolute Gasteiger partial charge is 0.480 e. The van der Waals surface area contributed by atoms with Crippen LogP contribution in [0.1, 0.15) is 12.0 Å². The fraction of sp³-hybridized carbons (Fsp3) is 0.250. The zero-order valence-electron chi connectivity index (χ0n) is 10.6. The second kappa shape index (κ2) is 6.90. The molecule has 8 heteroatoms. The number of carboxylic acids is 1. The molecule has 1 atom stereocenters. The Hall–Kier alpha value is -2.09. The summed E-state index contributed by atoms with van der Waals surface area (Å²) in [4.78, 5) is 33.3. The molecular weight excluding hydrogens is 330 g/mol. The highest BCUT2D eigenvalue weighted by Gasteiger charge is 2.22. The van der Waals surface area contributed by atoms with Gasteiger partial charge < -0.3 is 21.5 Å². The number of halogens is 1. The van der Waals surface area contributed by atoms with Gasteiger partial charge in [0.15, 0.2) is 0 Å². The Morgan fingerprint density at radius 2 is 2.05 bits per heavy atom. The Labute approximate surface area is 123 Å². The number of rotatable bonds is 5. The van der Waals surface area contributed by atoms with Crippen molar-refractivity contribution in [3.8, 4) is 0 Å². The predicted octanol–water partition coefficient (Wildman–Crippen LogP) is 1.21. The smallest absolute Gasteiger partial charge is 0.326 e. The van der Waals surface area contributed by atoms with Crippen molar-refractivity contribution >= 4 is 39.5 Å². The van der Waals surface area contributed by atoms with E-state index in [0.29, 0.717) is 5.69 Å². The third-order valence-electron chi connectivity index (χ3n) is 2.52. The van der Waals surface area contributed by atoms with Crippen LogP contribution in [0.15, 0.2) is 22.7 Å². The number of nitrogens with two attached hydrogens (primary N) is 1. The third-order valence-corrected chi connectivity index (χ3v) is 3.38. The maximum absolute atomic E-state index is 11.7. The third kappa shape index (κ3) is 4.54. The van der Waals surface area contributed by atoms with Crippen LogP contribution in [0.2, 0.25) is 0 Å². The number of benzene rings is 1. The summed E-state index contributed by atoms with van der Waals surface area (Å²) in [5.41, 5.74) is 6.25. The second-order valence-corrected chi connectivity index (χ2v) is 4.93. The fourth-order valence-electron chi connectivity index (χ4n) is 1.46. The lowest BCUT2D eigenvalue weighted by atomic mass is 10.2. The minimum Gasteiger partial charge on any atom is -0.480 e. The number of anilines is 1. The maximum Gasteiger partial charge on any atom is 0.326 e. The molecule has 0 fully saturated rings. The summed E-state index contributed by atoms with van der Waals surface area (Å²) in [7, 11) is 0. The molecule has 1 aromatic rings. The summed E-state index contributed by atoms with van der Waals surface area (Å²) < 4.78 is 0.808. The van der Waals surface area contributed by atoms with Crippen LogP contribution in [0.3, 0.4) is 0 Å². The van der Waals surface area contributed by atoms with Crippen LogP contribution in [0, 0.1) is 6.92 Å². The summed E-state index contributed by atoms with van der Waals surface area (Å²) in [6.07, 6.45) is -0.472. The average molecular weight is 344 g/mol. The highest BCUT2D eigenvalue weighted by Crippen LogP contribution is 2.23. The van der Waals surface area contributed by atoms with Gasteiger partial charge in [-0.25, -0.2) is 9.59 Å². The van der Waals surface area contributed by atoms with Gasteiger partial charge in [-0.05, 0) is 24.6 Å². The van der Waals surface area contributed by atoms with Gasteiger partial charge in [0.1, 0.15) is 6.04 Å². The van der Waals surface area contributed by atoms with E-state index in [1.807, 2.05) is 6.07 Å². The van der Waals surface area contributed by atoms with E-state index in [0.717, 1.165) is 10.0 Å². The van der Waals surface area contributed by atoms with Crippen LogP contribution in [-0.2, 0) is 9.59 Å². The van der Waals surface area contributed by atoms with Crippen LogP contribution >= 0.6 is 15.9 Å². The van der Waals surface area contributed by atoms with Crippen molar-refractivity contribution in [1.29, 1.82) is 0 Å². The number of urea groups is 1. The standard InChI is InChI=1S/C12H14BrN3O4/c1-6-7(13)3-2-4-8(6)15-12(20)16-9(11(18)19)5-10(14)17/h2-4,9H,5H2,1H3,(H2,14,17)(H,18,19)(H2,15,16,20)/t9-/m0/s1. The molecule has 3 amide bonds. The molecule has 0 bridgehead atoms. The van der Waals surface area contributed by atoms with Crippen LogP contribution in [0.5, 0.6) is 0 Å². The summed E-state index contributed by atoms with van der Waals surface area (Å²) >= 11 is 3.32. The number of nitrogens with one attached hydrogen (secondary N) is 2. The molecule has 1 rings (SSSR count). The van der Waals surface area contributed by atoms with Crippen molar-refractivity contribution in [1.82, 2.24) is 5.32 Å². The number of hydrogen-bond acceptors (Lipinski definition) is 3. The zero-order valence-corrected chi connectivity index (χ0v) is 12.2. The van der Waals surface area contributed by atoms with Gasteiger partial charge in [-0.15, -0.1) is 0 Å². The van der Waals surface area contributed by atoms with E-state index in [4.69, 9.17) is 10.8 Å². The fourth-order valence-corrected chi connectivity index (χ4v) is 1.83. The number of hydrogen-bond donors (Lipinski definition) is 4. The van der Waals surface area contributed by atoms with Crippen molar-refractivity contribution in [3.05, 3.63) is 28.2 Å². The van der Waals surface area contributed by atoms with Gasteiger partial charge in [0.2, 0.25) is 5.91 Å². The number of primary amides is 1. The van der Waals surface area contributed by atoms with Crippen molar-refractivity contribution < 1.29 is 19.5 Å². The Morgan fingerprint density at radius 1 is 1.40 bits per heavy atom. The first-order valence-corrected chi connectivity index (χ1v) is 6.44. The Balaban J connectivity index is 2.73. The molecule has 0 saturated carbocycles. The lowest BCUT2D eigenvalue weighted by Gasteiger charge is -2.15. The number of amides is 3. The van der Waals surface area contributed by atoms with Crippen LogP contribution < -0.4 is 16.4 Å². The monoisotopic (exact) mass is 343 g/mol. The molecule has 5 N–H and O–H groups in total. The molecule has 0 saturated heterocycles. The first kappa shape index (κ1) is 16.0. The normalized spacial score (nSPS) is 11.5. The minimum atomic E-state index is -1.36. The Morgan fingerprint density at radius 3 is 2.60 bits per heavy atom. The van der Waals surface area contributed by atoms with E-state index >= 15 is 0 Å². The van der Waals surface area contributed by atoms with E-state index in [9.17, 15) is 14.4 Å². The lowest BCUT2D eigenvalue weighted by Crippen LogP contribution is -2.45. The van der Waals surface area contributed by atoms with Gasteiger partial charge in [0.25, 0.3) is 0 Å². The van der Waals surface area contributed by atoms with Crippen molar-refractivity contribution in [2.75, 3.05) is 5.32 Å². The number of aliphatic carboxylic acids is 1. The summed E-state index contributed by atoms with van der Waals surface area (Å²) in [5.74, 6) is -2.14. The molecule has 1 aromatic carbocycles. The molecule has 0 radical (unpaired) electrons. The van der Waals surface area contributed by atoms with E-state index in [-0.39, 0.29) is 0 Å². The Kier molecular flexibility index (Phi) is 5.51. The molecule has 0 aromatic heterocycles.